The summed E-state index contributed by atoms with van der Waals surface area (Å²) in [6, 6.07) is 6.02. The lowest BCUT2D eigenvalue weighted by molar-refractivity contribution is -0.131. The second-order valence-corrected chi connectivity index (χ2v) is 7.59. The maximum Gasteiger partial charge on any atom is 0.224 e. The average molecular weight is 380 g/mol. The predicted molar refractivity (Wildman–Crippen MR) is 96.7 cm³/mol. The minimum Gasteiger partial charge on any atom is -0.361 e. The summed E-state index contributed by atoms with van der Waals surface area (Å²) < 4.78 is 5.41. The van der Waals surface area contributed by atoms with E-state index in [1.54, 1.807) is 18.2 Å². The molecular formula is C18H19Cl2N3O2. The minimum atomic E-state index is 0.163. The average Bonchev–Trinajstić information content (AvgIpc) is 3.10. The van der Waals surface area contributed by atoms with Crippen LogP contribution >= 0.6 is 23.2 Å². The standard InChI is InChI=1S/C18H19Cl2N3O2/c1-10-13(9-23-8-12-6-5-11(21-12)7-16(23)24)18(22-25-10)17-14(19)3-2-4-15(17)20/h2-4,11-12,21H,5-9H2,1H3. The van der Waals surface area contributed by atoms with E-state index in [4.69, 9.17) is 27.7 Å². The van der Waals surface area contributed by atoms with Gasteiger partial charge in [0.25, 0.3) is 0 Å². The number of aromatic nitrogens is 1. The molecule has 0 spiro atoms. The Balaban J connectivity index is 1.67. The van der Waals surface area contributed by atoms with E-state index in [1.165, 1.54) is 0 Å². The number of hydrogen-bond donors (Lipinski definition) is 1. The third-order valence-corrected chi connectivity index (χ3v) is 5.71. The van der Waals surface area contributed by atoms with Gasteiger partial charge in [-0.3, -0.25) is 4.79 Å². The van der Waals surface area contributed by atoms with E-state index < -0.39 is 0 Å². The van der Waals surface area contributed by atoms with Crippen molar-refractivity contribution in [1.82, 2.24) is 15.4 Å². The van der Waals surface area contributed by atoms with Crippen LogP contribution in [0.5, 0.6) is 0 Å². The molecule has 2 fully saturated rings. The van der Waals surface area contributed by atoms with E-state index in [9.17, 15) is 4.79 Å². The molecule has 1 aromatic heterocycles. The molecular weight excluding hydrogens is 361 g/mol. The number of carbonyl (C=O) groups is 1. The van der Waals surface area contributed by atoms with Crippen molar-refractivity contribution in [3.63, 3.8) is 0 Å². The second-order valence-electron chi connectivity index (χ2n) is 6.78. The van der Waals surface area contributed by atoms with Crippen molar-refractivity contribution in [3.8, 4) is 11.3 Å². The van der Waals surface area contributed by atoms with Gasteiger partial charge >= 0.3 is 0 Å². The smallest absolute Gasteiger partial charge is 0.224 e. The Morgan fingerprint density at radius 2 is 2.00 bits per heavy atom. The zero-order chi connectivity index (χ0) is 17.6. The van der Waals surface area contributed by atoms with Gasteiger partial charge in [-0.25, -0.2) is 0 Å². The minimum absolute atomic E-state index is 0.163. The molecule has 0 aliphatic carbocycles. The normalized spacial score (nSPS) is 23.2. The first-order valence-electron chi connectivity index (χ1n) is 8.46. The molecule has 2 atom stereocenters. The Morgan fingerprint density at radius 3 is 2.76 bits per heavy atom. The molecule has 25 heavy (non-hydrogen) atoms. The van der Waals surface area contributed by atoms with Crippen molar-refractivity contribution >= 4 is 29.1 Å². The summed E-state index contributed by atoms with van der Waals surface area (Å²) in [5, 5.41) is 8.74. The van der Waals surface area contributed by atoms with E-state index in [2.05, 4.69) is 10.5 Å². The predicted octanol–water partition coefficient (Wildman–Crippen LogP) is 3.81. The Morgan fingerprint density at radius 1 is 1.28 bits per heavy atom. The van der Waals surface area contributed by atoms with Crippen molar-refractivity contribution in [2.75, 3.05) is 6.54 Å². The van der Waals surface area contributed by atoms with Gasteiger partial charge in [0.2, 0.25) is 5.91 Å². The molecule has 7 heteroatoms. The van der Waals surface area contributed by atoms with E-state index in [-0.39, 0.29) is 5.91 Å². The molecule has 1 N–H and O–H groups in total. The van der Waals surface area contributed by atoms with Gasteiger partial charge in [0, 0.05) is 36.2 Å². The monoisotopic (exact) mass is 379 g/mol. The third kappa shape index (κ3) is 3.16. The van der Waals surface area contributed by atoms with Gasteiger partial charge in [-0.2, -0.15) is 0 Å². The van der Waals surface area contributed by atoms with Crippen LogP contribution in [0.3, 0.4) is 0 Å². The second kappa shape index (κ2) is 6.63. The van der Waals surface area contributed by atoms with E-state index in [1.807, 2.05) is 11.8 Å². The van der Waals surface area contributed by atoms with Crippen LogP contribution in [0.15, 0.2) is 22.7 Å². The number of halogens is 2. The van der Waals surface area contributed by atoms with Crippen LogP contribution < -0.4 is 5.32 Å². The molecule has 2 aliphatic heterocycles. The van der Waals surface area contributed by atoms with Crippen molar-refractivity contribution in [2.45, 2.75) is 44.8 Å². The first-order chi connectivity index (χ1) is 12.0. The van der Waals surface area contributed by atoms with Gasteiger partial charge in [0.15, 0.2) is 0 Å². The first-order valence-corrected chi connectivity index (χ1v) is 9.22. The number of likely N-dealkylation sites (tertiary alicyclic amines) is 1. The zero-order valence-electron chi connectivity index (χ0n) is 13.9. The van der Waals surface area contributed by atoms with Crippen LogP contribution in [0.4, 0.5) is 0 Å². The molecule has 2 saturated heterocycles. The Labute approximate surface area is 156 Å². The highest BCUT2D eigenvalue weighted by Gasteiger charge is 2.34. The summed E-state index contributed by atoms with van der Waals surface area (Å²) in [5.41, 5.74) is 2.13. The molecule has 2 aromatic rings. The molecule has 5 nitrogen and oxygen atoms in total. The van der Waals surface area contributed by atoms with Gasteiger partial charge in [0.1, 0.15) is 11.5 Å². The molecule has 3 heterocycles. The van der Waals surface area contributed by atoms with Gasteiger partial charge in [-0.05, 0) is 31.9 Å². The zero-order valence-corrected chi connectivity index (χ0v) is 15.4. The van der Waals surface area contributed by atoms with Crippen LogP contribution in [0.2, 0.25) is 10.0 Å². The maximum atomic E-state index is 12.6. The van der Waals surface area contributed by atoms with E-state index in [0.717, 1.165) is 18.4 Å². The van der Waals surface area contributed by atoms with E-state index in [0.29, 0.717) is 58.7 Å². The molecule has 0 saturated carbocycles. The van der Waals surface area contributed by atoms with Crippen LogP contribution in [0.1, 0.15) is 30.6 Å². The number of fused-ring (bicyclic) bond motifs is 2. The van der Waals surface area contributed by atoms with Gasteiger partial charge in [-0.15, -0.1) is 0 Å². The summed E-state index contributed by atoms with van der Waals surface area (Å²) in [7, 11) is 0. The highest BCUT2D eigenvalue weighted by Crippen LogP contribution is 2.37. The molecule has 2 unspecified atom stereocenters. The summed E-state index contributed by atoms with van der Waals surface area (Å²) in [6.07, 6.45) is 2.74. The van der Waals surface area contributed by atoms with Crippen LogP contribution in [0, 0.1) is 6.92 Å². The fourth-order valence-electron chi connectivity index (χ4n) is 3.76. The summed E-state index contributed by atoms with van der Waals surface area (Å²) in [6.45, 7) is 3.01. The number of carbonyl (C=O) groups excluding carboxylic acids is 1. The molecule has 4 rings (SSSR count). The van der Waals surface area contributed by atoms with Gasteiger partial charge in [0.05, 0.1) is 16.6 Å². The number of benzene rings is 1. The quantitative estimate of drug-likeness (QED) is 0.880. The molecule has 1 amide bonds. The first kappa shape index (κ1) is 16.9. The summed E-state index contributed by atoms with van der Waals surface area (Å²) in [5.74, 6) is 0.845. The molecule has 132 valence electrons. The highest BCUT2D eigenvalue weighted by molar-refractivity contribution is 6.39. The van der Waals surface area contributed by atoms with Crippen LogP contribution in [-0.2, 0) is 11.3 Å². The third-order valence-electron chi connectivity index (χ3n) is 5.08. The van der Waals surface area contributed by atoms with E-state index >= 15 is 0 Å². The molecule has 1 aromatic carbocycles. The number of aryl methyl sites for hydroxylation is 1. The van der Waals surface area contributed by atoms with Crippen molar-refractivity contribution in [3.05, 3.63) is 39.6 Å². The SMILES string of the molecule is Cc1onc(-c2c(Cl)cccc2Cl)c1CN1CC2CCC(CC1=O)N2. The molecule has 2 aliphatic rings. The topological polar surface area (TPSA) is 58.4 Å². The van der Waals surface area contributed by atoms with Crippen molar-refractivity contribution in [2.24, 2.45) is 0 Å². The lowest BCUT2D eigenvalue weighted by atomic mass is 10.0. The lowest BCUT2D eigenvalue weighted by Gasteiger charge is -2.24. The maximum absolute atomic E-state index is 12.6. The van der Waals surface area contributed by atoms with Crippen LogP contribution in [-0.4, -0.2) is 34.6 Å². The molecule has 2 bridgehead atoms. The number of hydrogen-bond acceptors (Lipinski definition) is 4. The lowest BCUT2D eigenvalue weighted by Crippen LogP contribution is -2.37. The number of amides is 1. The molecule has 0 radical (unpaired) electrons. The fourth-order valence-corrected chi connectivity index (χ4v) is 4.33. The number of nitrogens with zero attached hydrogens (tertiary/aromatic N) is 2. The summed E-state index contributed by atoms with van der Waals surface area (Å²) >= 11 is 12.7. The fraction of sp³-hybridized carbons (Fsp3) is 0.444. The van der Waals surface area contributed by atoms with Crippen LogP contribution in [0.25, 0.3) is 11.3 Å². The Bertz CT molecular complexity index is 800. The highest BCUT2D eigenvalue weighted by atomic mass is 35.5. The Kier molecular flexibility index (Phi) is 4.48. The van der Waals surface area contributed by atoms with Crippen molar-refractivity contribution in [1.29, 1.82) is 0 Å². The Hall–Kier alpha value is -1.56. The summed E-state index contributed by atoms with van der Waals surface area (Å²) in [4.78, 5) is 14.5. The largest absolute Gasteiger partial charge is 0.361 e. The van der Waals surface area contributed by atoms with Gasteiger partial charge < -0.3 is 14.7 Å². The van der Waals surface area contributed by atoms with Crippen molar-refractivity contribution < 1.29 is 9.32 Å². The number of nitrogens with one attached hydrogen (secondary N) is 1. The number of rotatable bonds is 3. The van der Waals surface area contributed by atoms with Gasteiger partial charge in [-0.1, -0.05) is 34.4 Å².